The molecule has 0 amide bonds. The Morgan fingerprint density at radius 3 is 2.50 bits per heavy atom. The van der Waals surface area contributed by atoms with Gasteiger partial charge >= 0.3 is 0 Å². The standard InChI is InChI=1S/C16H26FN5/c1-21-10-12-22(13-11-21)16(19-9-3-2-8-18)20-15-6-4-14(17)5-7-15/h4-7H,2-3,8-13,18H2,1H3,(H,19,20). The summed E-state index contributed by atoms with van der Waals surface area (Å²) in [5, 5.41) is 3.33. The number of nitrogens with zero attached hydrogens (tertiary/aromatic N) is 3. The van der Waals surface area contributed by atoms with Gasteiger partial charge < -0.3 is 20.9 Å². The largest absolute Gasteiger partial charge is 0.340 e. The molecular weight excluding hydrogens is 281 g/mol. The first-order valence-electron chi connectivity index (χ1n) is 7.89. The SMILES string of the molecule is CN1CCN(C(=NCCCCN)Nc2ccc(F)cc2)CC1. The molecular formula is C16H26FN5. The van der Waals surface area contributed by atoms with Gasteiger partial charge in [-0.1, -0.05) is 0 Å². The van der Waals surface area contributed by atoms with Gasteiger partial charge in [-0.25, -0.2) is 4.39 Å². The third kappa shape index (κ3) is 5.27. The summed E-state index contributed by atoms with van der Waals surface area (Å²) in [6.45, 7) is 5.39. The number of likely N-dealkylation sites (N-methyl/N-ethyl adjacent to an activating group) is 1. The highest BCUT2D eigenvalue weighted by Crippen LogP contribution is 2.11. The van der Waals surface area contributed by atoms with E-state index in [0.29, 0.717) is 6.54 Å². The van der Waals surface area contributed by atoms with E-state index < -0.39 is 0 Å². The molecule has 6 heteroatoms. The minimum atomic E-state index is -0.230. The van der Waals surface area contributed by atoms with E-state index >= 15 is 0 Å². The van der Waals surface area contributed by atoms with Crippen LogP contribution >= 0.6 is 0 Å². The lowest BCUT2D eigenvalue weighted by Crippen LogP contribution is -2.49. The van der Waals surface area contributed by atoms with E-state index in [4.69, 9.17) is 10.7 Å². The smallest absolute Gasteiger partial charge is 0.198 e. The lowest BCUT2D eigenvalue weighted by molar-refractivity contribution is 0.215. The molecule has 1 heterocycles. The normalized spacial score (nSPS) is 16.9. The third-order valence-corrected chi connectivity index (χ3v) is 3.78. The van der Waals surface area contributed by atoms with E-state index in [0.717, 1.165) is 57.2 Å². The maximum Gasteiger partial charge on any atom is 0.198 e. The molecule has 122 valence electrons. The predicted octanol–water partition coefficient (Wildman–Crippen LogP) is 1.58. The first-order chi connectivity index (χ1) is 10.7. The fourth-order valence-electron chi connectivity index (χ4n) is 2.34. The van der Waals surface area contributed by atoms with Crippen LogP contribution in [0, 0.1) is 5.82 Å². The van der Waals surface area contributed by atoms with Gasteiger partial charge in [-0.2, -0.15) is 0 Å². The van der Waals surface area contributed by atoms with Gasteiger partial charge in [0.2, 0.25) is 0 Å². The van der Waals surface area contributed by atoms with Gasteiger partial charge in [0.1, 0.15) is 5.82 Å². The summed E-state index contributed by atoms with van der Waals surface area (Å²) in [4.78, 5) is 9.25. The molecule has 1 saturated heterocycles. The molecule has 0 bridgehead atoms. The van der Waals surface area contributed by atoms with Crippen molar-refractivity contribution >= 4 is 11.6 Å². The molecule has 1 aromatic rings. The van der Waals surface area contributed by atoms with Crippen molar-refractivity contribution in [2.75, 3.05) is 51.6 Å². The molecule has 22 heavy (non-hydrogen) atoms. The van der Waals surface area contributed by atoms with Crippen LogP contribution in [0.2, 0.25) is 0 Å². The van der Waals surface area contributed by atoms with Crippen LogP contribution in [0.4, 0.5) is 10.1 Å². The Balaban J connectivity index is 2.01. The summed E-state index contributed by atoms with van der Waals surface area (Å²) < 4.78 is 13.0. The minimum Gasteiger partial charge on any atom is -0.340 e. The summed E-state index contributed by atoms with van der Waals surface area (Å²) in [6.07, 6.45) is 1.97. The number of guanidine groups is 1. The number of aliphatic imine (C=N–C) groups is 1. The van der Waals surface area contributed by atoms with Crippen LogP contribution in [0.5, 0.6) is 0 Å². The van der Waals surface area contributed by atoms with Crippen LogP contribution in [0.1, 0.15) is 12.8 Å². The molecule has 0 spiro atoms. The van der Waals surface area contributed by atoms with E-state index in [-0.39, 0.29) is 5.82 Å². The van der Waals surface area contributed by atoms with E-state index in [1.807, 2.05) is 0 Å². The van der Waals surface area contributed by atoms with Crippen LogP contribution in [0.15, 0.2) is 29.3 Å². The van der Waals surface area contributed by atoms with Gasteiger partial charge in [0.15, 0.2) is 5.96 Å². The van der Waals surface area contributed by atoms with Crippen LogP contribution in [0.25, 0.3) is 0 Å². The maximum absolute atomic E-state index is 13.0. The topological polar surface area (TPSA) is 56.9 Å². The Bertz CT molecular complexity index is 466. The van der Waals surface area contributed by atoms with Crippen LogP contribution in [-0.4, -0.2) is 62.1 Å². The molecule has 0 radical (unpaired) electrons. The van der Waals surface area contributed by atoms with E-state index in [2.05, 4.69) is 22.2 Å². The van der Waals surface area contributed by atoms with Crippen molar-refractivity contribution in [1.82, 2.24) is 9.80 Å². The molecule has 0 aliphatic carbocycles. The number of nitrogens with one attached hydrogen (secondary N) is 1. The van der Waals surface area contributed by atoms with Crippen molar-refractivity contribution in [3.05, 3.63) is 30.1 Å². The Morgan fingerprint density at radius 1 is 1.18 bits per heavy atom. The molecule has 0 unspecified atom stereocenters. The maximum atomic E-state index is 13.0. The number of halogens is 1. The Morgan fingerprint density at radius 2 is 1.86 bits per heavy atom. The fourth-order valence-corrected chi connectivity index (χ4v) is 2.34. The number of anilines is 1. The Hall–Kier alpha value is -1.66. The summed E-state index contributed by atoms with van der Waals surface area (Å²) in [5.74, 6) is 0.642. The zero-order valence-corrected chi connectivity index (χ0v) is 13.3. The fraction of sp³-hybridized carbons (Fsp3) is 0.562. The molecule has 0 aromatic heterocycles. The van der Waals surface area contributed by atoms with E-state index in [1.165, 1.54) is 12.1 Å². The van der Waals surface area contributed by atoms with Crippen molar-refractivity contribution in [1.29, 1.82) is 0 Å². The molecule has 1 aliphatic rings. The van der Waals surface area contributed by atoms with Crippen LogP contribution in [-0.2, 0) is 0 Å². The molecule has 3 N–H and O–H groups in total. The second kappa shape index (κ2) is 8.70. The van der Waals surface area contributed by atoms with Gasteiger partial charge in [-0.15, -0.1) is 0 Å². The number of benzene rings is 1. The van der Waals surface area contributed by atoms with Crippen molar-refractivity contribution in [2.45, 2.75) is 12.8 Å². The average molecular weight is 307 g/mol. The number of hydrogen-bond donors (Lipinski definition) is 2. The van der Waals surface area contributed by atoms with Crippen LogP contribution in [0.3, 0.4) is 0 Å². The Labute approximate surface area is 132 Å². The zero-order valence-electron chi connectivity index (χ0n) is 13.3. The first-order valence-corrected chi connectivity index (χ1v) is 7.89. The quantitative estimate of drug-likeness (QED) is 0.493. The Kier molecular flexibility index (Phi) is 6.61. The second-order valence-electron chi connectivity index (χ2n) is 5.62. The third-order valence-electron chi connectivity index (χ3n) is 3.78. The molecule has 0 atom stereocenters. The molecule has 1 aliphatic heterocycles. The highest BCUT2D eigenvalue weighted by atomic mass is 19.1. The summed E-state index contributed by atoms with van der Waals surface area (Å²) in [6, 6.07) is 6.39. The van der Waals surface area contributed by atoms with Gasteiger partial charge in [0.25, 0.3) is 0 Å². The van der Waals surface area contributed by atoms with Crippen molar-refractivity contribution in [2.24, 2.45) is 10.7 Å². The lowest BCUT2D eigenvalue weighted by Gasteiger charge is -2.34. The predicted molar refractivity (Wildman–Crippen MR) is 89.7 cm³/mol. The number of nitrogens with two attached hydrogens (primary N) is 1. The van der Waals surface area contributed by atoms with Crippen LogP contribution < -0.4 is 11.1 Å². The summed E-state index contributed by atoms with van der Waals surface area (Å²) >= 11 is 0. The minimum absolute atomic E-state index is 0.230. The highest BCUT2D eigenvalue weighted by Gasteiger charge is 2.17. The molecule has 1 fully saturated rings. The zero-order chi connectivity index (χ0) is 15.8. The van der Waals surface area contributed by atoms with Gasteiger partial charge in [-0.05, 0) is 50.7 Å². The van der Waals surface area contributed by atoms with Crippen molar-refractivity contribution < 1.29 is 4.39 Å². The molecule has 0 saturated carbocycles. The summed E-state index contributed by atoms with van der Waals surface area (Å²) in [5.41, 5.74) is 6.38. The highest BCUT2D eigenvalue weighted by molar-refractivity contribution is 5.93. The number of piperazine rings is 1. The van der Waals surface area contributed by atoms with E-state index in [9.17, 15) is 4.39 Å². The molecule has 5 nitrogen and oxygen atoms in total. The average Bonchev–Trinajstić information content (AvgIpc) is 2.53. The number of hydrogen-bond acceptors (Lipinski definition) is 3. The molecule has 2 rings (SSSR count). The van der Waals surface area contributed by atoms with Gasteiger partial charge in [-0.3, -0.25) is 4.99 Å². The monoisotopic (exact) mass is 307 g/mol. The van der Waals surface area contributed by atoms with Crippen molar-refractivity contribution in [3.8, 4) is 0 Å². The number of rotatable bonds is 5. The van der Waals surface area contributed by atoms with Gasteiger partial charge in [0.05, 0.1) is 0 Å². The van der Waals surface area contributed by atoms with E-state index in [1.54, 1.807) is 12.1 Å². The van der Waals surface area contributed by atoms with Crippen molar-refractivity contribution in [3.63, 3.8) is 0 Å². The van der Waals surface area contributed by atoms with Gasteiger partial charge in [0, 0.05) is 38.4 Å². The first kappa shape index (κ1) is 16.7. The number of unbranched alkanes of at least 4 members (excludes halogenated alkanes) is 1. The lowest BCUT2D eigenvalue weighted by atomic mass is 10.3. The molecule has 1 aromatic carbocycles. The summed E-state index contributed by atoms with van der Waals surface area (Å²) in [7, 11) is 2.13. The second-order valence-corrected chi connectivity index (χ2v) is 5.62.